The average Bonchev–Trinajstić information content (AvgIpc) is 3.10. The second-order valence-corrected chi connectivity index (χ2v) is 10.8. The van der Waals surface area contributed by atoms with Crippen molar-refractivity contribution >= 4 is 57.5 Å². The quantitative estimate of drug-likeness (QED) is 0.514. The summed E-state index contributed by atoms with van der Waals surface area (Å²) in [6.07, 6.45) is 13.9. The van der Waals surface area contributed by atoms with Gasteiger partial charge in [-0.1, -0.05) is 38.5 Å². The molecule has 166 valence electrons. The third-order valence-electron chi connectivity index (χ3n) is 6.91. The van der Waals surface area contributed by atoms with Gasteiger partial charge in [0.05, 0.1) is 16.8 Å². The number of urea groups is 1. The monoisotopic (exact) mass is 458 g/mol. The van der Waals surface area contributed by atoms with Crippen molar-refractivity contribution in [1.29, 1.82) is 0 Å². The third kappa shape index (κ3) is 4.16. The zero-order chi connectivity index (χ0) is 21.4. The third-order valence-corrected chi connectivity index (χ3v) is 8.48. The van der Waals surface area contributed by atoms with Crippen LogP contribution >= 0.6 is 24.0 Å². The molecule has 3 heterocycles. The van der Waals surface area contributed by atoms with Crippen molar-refractivity contribution < 1.29 is 9.59 Å². The second kappa shape index (κ2) is 8.98. The minimum absolute atomic E-state index is 0.0867. The average molecular weight is 459 g/mol. The summed E-state index contributed by atoms with van der Waals surface area (Å²) in [6.45, 7) is 0. The molecule has 2 N–H and O–H groups in total. The topological polar surface area (TPSA) is 74.3 Å². The van der Waals surface area contributed by atoms with Crippen molar-refractivity contribution in [3.05, 3.63) is 17.1 Å². The van der Waals surface area contributed by atoms with Crippen LogP contribution in [0.1, 0.15) is 80.3 Å². The molecule has 0 spiro atoms. The number of hydrogen-bond acceptors (Lipinski definition) is 5. The molecule has 31 heavy (non-hydrogen) atoms. The number of carbonyl (C=O) groups is 2. The van der Waals surface area contributed by atoms with Gasteiger partial charge in [-0.15, -0.1) is 11.3 Å². The van der Waals surface area contributed by atoms with Crippen molar-refractivity contribution in [2.75, 3.05) is 10.2 Å². The van der Waals surface area contributed by atoms with E-state index in [9.17, 15) is 9.59 Å². The number of pyridine rings is 1. The molecule has 6 nitrogen and oxygen atoms in total. The van der Waals surface area contributed by atoms with Gasteiger partial charge in [-0.3, -0.25) is 9.69 Å². The lowest BCUT2D eigenvalue weighted by molar-refractivity contribution is 0.0935. The molecule has 2 aromatic heterocycles. The first kappa shape index (κ1) is 21.1. The van der Waals surface area contributed by atoms with Crippen LogP contribution in [0.15, 0.2) is 12.3 Å². The number of aromatic nitrogens is 1. The molecule has 2 unspecified atom stereocenters. The normalized spacial score (nSPS) is 25.1. The van der Waals surface area contributed by atoms with E-state index in [1.54, 1.807) is 6.20 Å². The fraction of sp³-hybridized carbons (Fsp3) is 0.609. The lowest BCUT2D eigenvalue weighted by atomic mass is 9.93. The molecule has 5 rings (SSSR count). The number of thiol groups is 1. The number of amides is 3. The highest BCUT2D eigenvalue weighted by atomic mass is 32.1. The number of rotatable bonds is 3. The summed E-state index contributed by atoms with van der Waals surface area (Å²) in [4.78, 5) is 34.2. The molecule has 1 aliphatic heterocycles. The maximum Gasteiger partial charge on any atom is 0.326 e. The van der Waals surface area contributed by atoms with Gasteiger partial charge >= 0.3 is 6.03 Å². The Kier molecular flexibility index (Phi) is 6.10. The summed E-state index contributed by atoms with van der Waals surface area (Å²) in [5, 5.41) is 7.51. The summed E-state index contributed by atoms with van der Waals surface area (Å²) in [5.74, 6) is -0.0867. The van der Waals surface area contributed by atoms with Crippen LogP contribution in [0.2, 0.25) is 0 Å². The highest BCUT2D eigenvalue weighted by Crippen LogP contribution is 2.45. The Balaban J connectivity index is 1.45. The Morgan fingerprint density at radius 2 is 1.90 bits per heavy atom. The fourth-order valence-corrected chi connectivity index (χ4v) is 6.80. The predicted octanol–water partition coefficient (Wildman–Crippen LogP) is 5.73. The van der Waals surface area contributed by atoms with Crippen LogP contribution in [0, 0.1) is 0 Å². The van der Waals surface area contributed by atoms with Gasteiger partial charge < -0.3 is 10.6 Å². The first-order chi connectivity index (χ1) is 15.1. The van der Waals surface area contributed by atoms with E-state index in [-0.39, 0.29) is 24.0 Å². The van der Waals surface area contributed by atoms with Crippen LogP contribution in [0.4, 0.5) is 16.2 Å². The maximum atomic E-state index is 13.2. The van der Waals surface area contributed by atoms with Gasteiger partial charge in [0, 0.05) is 23.5 Å². The van der Waals surface area contributed by atoms with Crippen LogP contribution in [0.5, 0.6) is 0 Å². The first-order valence-electron chi connectivity index (χ1n) is 11.6. The summed E-state index contributed by atoms with van der Waals surface area (Å²) >= 11 is 6.05. The number of nitrogens with one attached hydrogen (secondary N) is 2. The molecule has 3 aliphatic rings. The van der Waals surface area contributed by atoms with Gasteiger partial charge in [0.25, 0.3) is 5.91 Å². The zero-order valence-electron chi connectivity index (χ0n) is 17.7. The van der Waals surface area contributed by atoms with E-state index in [1.807, 2.05) is 11.0 Å². The van der Waals surface area contributed by atoms with E-state index in [0.29, 0.717) is 15.8 Å². The molecular formula is C23H30N4O2S2. The Labute approximate surface area is 192 Å². The number of carbonyl (C=O) groups excluding carboxylic acids is 2. The van der Waals surface area contributed by atoms with Crippen LogP contribution in [-0.2, 0) is 0 Å². The molecule has 0 radical (unpaired) electrons. The lowest BCUT2D eigenvalue weighted by Crippen LogP contribution is -2.47. The number of hydrogen-bond donors (Lipinski definition) is 3. The summed E-state index contributed by atoms with van der Waals surface area (Å²) in [6, 6.07) is 2.10. The van der Waals surface area contributed by atoms with Gasteiger partial charge in [-0.2, -0.15) is 12.6 Å². The highest BCUT2D eigenvalue weighted by Gasteiger charge is 2.37. The van der Waals surface area contributed by atoms with Gasteiger partial charge in [0.1, 0.15) is 9.71 Å². The van der Waals surface area contributed by atoms with Gasteiger partial charge in [-0.25, -0.2) is 9.78 Å². The maximum absolute atomic E-state index is 13.2. The summed E-state index contributed by atoms with van der Waals surface area (Å²) < 4.78 is 0. The van der Waals surface area contributed by atoms with Crippen molar-refractivity contribution in [3.8, 4) is 0 Å². The van der Waals surface area contributed by atoms with Crippen LogP contribution < -0.4 is 15.5 Å². The SMILES string of the molecule is O=C(NC1CCCCCCC1)c1sc2nccc3c2c1NC(=O)N3C1CCCC(S)C1. The van der Waals surface area contributed by atoms with Crippen molar-refractivity contribution in [1.82, 2.24) is 10.3 Å². The molecule has 0 bridgehead atoms. The van der Waals surface area contributed by atoms with Crippen molar-refractivity contribution in [2.45, 2.75) is 88.0 Å². The molecule has 2 fully saturated rings. The number of nitrogens with zero attached hydrogens (tertiary/aromatic N) is 2. The van der Waals surface area contributed by atoms with E-state index in [2.05, 4.69) is 28.2 Å². The van der Waals surface area contributed by atoms with Gasteiger partial charge in [0.15, 0.2) is 0 Å². The lowest BCUT2D eigenvalue weighted by Gasteiger charge is -2.38. The van der Waals surface area contributed by atoms with Gasteiger partial charge in [-0.05, 0) is 38.2 Å². The summed E-state index contributed by atoms with van der Waals surface area (Å²) in [7, 11) is 0. The highest BCUT2D eigenvalue weighted by molar-refractivity contribution is 7.80. The van der Waals surface area contributed by atoms with E-state index < -0.39 is 0 Å². The Hall–Kier alpha value is -1.80. The summed E-state index contributed by atoms with van der Waals surface area (Å²) in [5.41, 5.74) is 1.50. The Bertz CT molecular complexity index is 983. The zero-order valence-corrected chi connectivity index (χ0v) is 19.4. The van der Waals surface area contributed by atoms with E-state index >= 15 is 0 Å². The van der Waals surface area contributed by atoms with Crippen molar-refractivity contribution in [2.24, 2.45) is 0 Å². The molecule has 2 atom stereocenters. The fourth-order valence-electron chi connectivity index (χ4n) is 5.35. The number of anilines is 2. The molecule has 0 aromatic carbocycles. The van der Waals surface area contributed by atoms with E-state index in [0.717, 1.165) is 67.3 Å². The molecule has 2 aliphatic carbocycles. The molecular weight excluding hydrogens is 428 g/mol. The predicted molar refractivity (Wildman–Crippen MR) is 130 cm³/mol. The standard InChI is InChI=1S/C23H30N4O2S2/c28-21(25-14-7-4-2-1-3-5-8-14)20-19-18-17(11-12-24-22(18)31-20)27(23(29)26-19)15-9-6-10-16(30)13-15/h11-12,14-16,30H,1-10,13H2,(H,25,28)(H,26,29). The van der Waals surface area contributed by atoms with Crippen LogP contribution in [0.3, 0.4) is 0 Å². The molecule has 8 heteroatoms. The Morgan fingerprint density at radius 1 is 1.13 bits per heavy atom. The second-order valence-electron chi connectivity index (χ2n) is 9.11. The Morgan fingerprint density at radius 3 is 2.68 bits per heavy atom. The smallest absolute Gasteiger partial charge is 0.326 e. The molecule has 3 amide bonds. The van der Waals surface area contributed by atoms with Crippen LogP contribution in [0.25, 0.3) is 10.2 Å². The van der Waals surface area contributed by atoms with E-state index in [1.165, 1.54) is 30.6 Å². The van der Waals surface area contributed by atoms with Gasteiger partial charge in [0.2, 0.25) is 0 Å². The van der Waals surface area contributed by atoms with E-state index in [4.69, 9.17) is 0 Å². The van der Waals surface area contributed by atoms with Crippen LogP contribution in [-0.4, -0.2) is 34.3 Å². The minimum Gasteiger partial charge on any atom is -0.349 e. The largest absolute Gasteiger partial charge is 0.349 e. The number of thiophene rings is 1. The first-order valence-corrected chi connectivity index (χ1v) is 13.0. The molecule has 2 aromatic rings. The molecule has 0 saturated heterocycles. The van der Waals surface area contributed by atoms with Crippen molar-refractivity contribution in [3.63, 3.8) is 0 Å². The molecule has 2 saturated carbocycles. The minimum atomic E-state index is -0.147.